The molecule has 1 aliphatic rings. The Morgan fingerprint density at radius 3 is 2.40 bits per heavy atom. The first kappa shape index (κ1) is 9.71. The summed E-state index contributed by atoms with van der Waals surface area (Å²) in [5, 5.41) is 9.11. The molecule has 0 unspecified atom stereocenters. The summed E-state index contributed by atoms with van der Waals surface area (Å²) >= 11 is 0. The standard InChI is InChI=1S/C13H12O2/c1-9-2-5-11(13(9)15)8-10-3-6-12(14)7-4-10/h3-4,6-8,14H,1-2,5H2/b11-8+. The summed E-state index contributed by atoms with van der Waals surface area (Å²) in [6.07, 6.45) is 3.40. The van der Waals surface area contributed by atoms with E-state index in [2.05, 4.69) is 6.58 Å². The van der Waals surface area contributed by atoms with Crippen molar-refractivity contribution in [3.63, 3.8) is 0 Å². The maximum atomic E-state index is 11.6. The molecule has 0 spiro atoms. The largest absolute Gasteiger partial charge is 0.508 e. The quantitative estimate of drug-likeness (QED) is 0.708. The van der Waals surface area contributed by atoms with Crippen molar-refractivity contribution in [3.05, 3.63) is 47.6 Å². The highest BCUT2D eigenvalue weighted by Crippen LogP contribution is 2.26. The molecule has 0 atom stereocenters. The van der Waals surface area contributed by atoms with Crippen LogP contribution in [0.5, 0.6) is 5.75 Å². The van der Waals surface area contributed by atoms with Crippen molar-refractivity contribution < 1.29 is 9.90 Å². The third kappa shape index (κ3) is 1.99. The van der Waals surface area contributed by atoms with E-state index in [-0.39, 0.29) is 11.5 Å². The molecule has 0 heterocycles. The zero-order chi connectivity index (χ0) is 10.8. The lowest BCUT2D eigenvalue weighted by molar-refractivity contribution is -0.111. The number of ketones is 1. The summed E-state index contributed by atoms with van der Waals surface area (Å²) in [6.45, 7) is 3.71. The van der Waals surface area contributed by atoms with Crippen LogP contribution in [-0.4, -0.2) is 10.9 Å². The molecule has 0 bridgehead atoms. The number of carbonyl (C=O) groups is 1. The Hall–Kier alpha value is -1.83. The van der Waals surface area contributed by atoms with Gasteiger partial charge in [-0.05, 0) is 42.2 Å². The Labute approximate surface area is 88.6 Å². The van der Waals surface area contributed by atoms with Crippen molar-refractivity contribution in [3.8, 4) is 5.75 Å². The van der Waals surface area contributed by atoms with Crippen LogP contribution in [0.4, 0.5) is 0 Å². The number of Topliss-reactive ketones (excluding diaryl/α,β-unsaturated/α-hetero) is 1. The molecule has 0 saturated heterocycles. The Bertz CT molecular complexity index is 438. The molecule has 2 rings (SSSR count). The fraction of sp³-hybridized carbons (Fsp3) is 0.154. The SMILES string of the molecule is C=C1CC/C(=C\c2ccc(O)cc2)C1=O. The minimum absolute atomic E-state index is 0.0723. The third-order valence-corrected chi connectivity index (χ3v) is 2.54. The Morgan fingerprint density at radius 2 is 1.87 bits per heavy atom. The number of carbonyl (C=O) groups excluding carboxylic acids is 1. The molecular formula is C13H12O2. The van der Waals surface area contributed by atoms with E-state index in [1.165, 1.54) is 0 Å². The van der Waals surface area contributed by atoms with Gasteiger partial charge in [-0.2, -0.15) is 0 Å². The van der Waals surface area contributed by atoms with Crippen LogP contribution in [0.25, 0.3) is 6.08 Å². The predicted molar refractivity (Wildman–Crippen MR) is 59.5 cm³/mol. The Morgan fingerprint density at radius 1 is 1.20 bits per heavy atom. The normalized spacial score (nSPS) is 18.8. The second kappa shape index (κ2) is 3.73. The van der Waals surface area contributed by atoms with Gasteiger partial charge in [-0.15, -0.1) is 0 Å². The summed E-state index contributed by atoms with van der Waals surface area (Å²) in [6, 6.07) is 6.80. The van der Waals surface area contributed by atoms with Crippen molar-refractivity contribution in [1.29, 1.82) is 0 Å². The van der Waals surface area contributed by atoms with E-state index in [1.807, 2.05) is 6.08 Å². The van der Waals surface area contributed by atoms with Gasteiger partial charge < -0.3 is 5.11 Å². The summed E-state index contributed by atoms with van der Waals surface area (Å²) in [4.78, 5) is 11.6. The molecular weight excluding hydrogens is 188 g/mol. The first-order valence-electron chi connectivity index (χ1n) is 4.89. The van der Waals surface area contributed by atoms with Gasteiger partial charge in [0.05, 0.1) is 0 Å². The van der Waals surface area contributed by atoms with Gasteiger partial charge in [0.2, 0.25) is 0 Å². The number of hydrogen-bond acceptors (Lipinski definition) is 2. The third-order valence-electron chi connectivity index (χ3n) is 2.54. The van der Waals surface area contributed by atoms with E-state index in [0.717, 1.165) is 24.0 Å². The highest BCUT2D eigenvalue weighted by Gasteiger charge is 2.20. The van der Waals surface area contributed by atoms with E-state index in [0.29, 0.717) is 5.57 Å². The molecule has 0 aliphatic heterocycles. The number of benzene rings is 1. The van der Waals surface area contributed by atoms with Crippen LogP contribution in [0, 0.1) is 0 Å². The number of allylic oxidation sites excluding steroid dienone is 2. The summed E-state index contributed by atoms with van der Waals surface area (Å²) in [5.74, 6) is 0.308. The zero-order valence-electron chi connectivity index (χ0n) is 8.36. The second-order valence-electron chi connectivity index (χ2n) is 3.69. The summed E-state index contributed by atoms with van der Waals surface area (Å²) in [5.41, 5.74) is 2.44. The molecule has 0 radical (unpaired) electrons. The zero-order valence-corrected chi connectivity index (χ0v) is 8.36. The van der Waals surface area contributed by atoms with E-state index < -0.39 is 0 Å². The minimum Gasteiger partial charge on any atom is -0.508 e. The van der Waals surface area contributed by atoms with Crippen molar-refractivity contribution in [2.45, 2.75) is 12.8 Å². The molecule has 2 nitrogen and oxygen atoms in total. The monoisotopic (exact) mass is 200 g/mol. The van der Waals surface area contributed by atoms with Gasteiger partial charge in [0.25, 0.3) is 0 Å². The molecule has 1 aromatic rings. The molecule has 1 N–H and O–H groups in total. The molecule has 1 aliphatic carbocycles. The molecule has 1 saturated carbocycles. The first-order chi connectivity index (χ1) is 7.16. The lowest BCUT2D eigenvalue weighted by Gasteiger charge is -1.96. The van der Waals surface area contributed by atoms with Crippen molar-refractivity contribution >= 4 is 11.9 Å². The van der Waals surface area contributed by atoms with E-state index >= 15 is 0 Å². The number of phenolic OH excluding ortho intramolecular Hbond substituents is 1. The fourth-order valence-corrected chi connectivity index (χ4v) is 1.65. The topological polar surface area (TPSA) is 37.3 Å². The lowest BCUT2D eigenvalue weighted by atomic mass is 10.1. The first-order valence-corrected chi connectivity index (χ1v) is 4.89. The lowest BCUT2D eigenvalue weighted by Crippen LogP contribution is -1.93. The van der Waals surface area contributed by atoms with Crippen LogP contribution < -0.4 is 0 Å². The van der Waals surface area contributed by atoms with Crippen LogP contribution in [0.15, 0.2) is 42.0 Å². The highest BCUT2D eigenvalue weighted by atomic mass is 16.3. The maximum absolute atomic E-state index is 11.6. The average molecular weight is 200 g/mol. The van der Waals surface area contributed by atoms with Crippen molar-refractivity contribution in [1.82, 2.24) is 0 Å². The van der Waals surface area contributed by atoms with Gasteiger partial charge >= 0.3 is 0 Å². The Kier molecular flexibility index (Phi) is 2.42. The molecule has 0 amide bonds. The fourth-order valence-electron chi connectivity index (χ4n) is 1.65. The molecule has 2 heteroatoms. The van der Waals surface area contributed by atoms with Gasteiger partial charge in [0, 0.05) is 5.57 Å². The molecule has 0 aromatic heterocycles. The maximum Gasteiger partial charge on any atom is 0.184 e. The number of aromatic hydroxyl groups is 1. The molecule has 1 aromatic carbocycles. The van der Waals surface area contributed by atoms with Gasteiger partial charge in [-0.3, -0.25) is 4.79 Å². The smallest absolute Gasteiger partial charge is 0.184 e. The average Bonchev–Trinajstić information content (AvgIpc) is 2.53. The van der Waals surface area contributed by atoms with E-state index in [4.69, 9.17) is 5.11 Å². The summed E-state index contributed by atoms with van der Waals surface area (Å²) < 4.78 is 0. The predicted octanol–water partition coefficient (Wildman–Crippen LogP) is 2.69. The number of hydrogen-bond donors (Lipinski definition) is 1. The van der Waals surface area contributed by atoms with E-state index in [1.54, 1.807) is 24.3 Å². The van der Waals surface area contributed by atoms with Crippen molar-refractivity contribution in [2.75, 3.05) is 0 Å². The van der Waals surface area contributed by atoms with Crippen molar-refractivity contribution in [2.24, 2.45) is 0 Å². The second-order valence-corrected chi connectivity index (χ2v) is 3.69. The highest BCUT2D eigenvalue weighted by molar-refractivity contribution is 6.12. The number of phenols is 1. The summed E-state index contributed by atoms with van der Waals surface area (Å²) in [7, 11) is 0. The van der Waals surface area contributed by atoms with E-state index in [9.17, 15) is 4.79 Å². The molecule has 15 heavy (non-hydrogen) atoms. The van der Waals surface area contributed by atoms with Crippen LogP contribution in [0.1, 0.15) is 18.4 Å². The van der Waals surface area contributed by atoms with Crippen LogP contribution in [-0.2, 0) is 4.79 Å². The molecule has 76 valence electrons. The van der Waals surface area contributed by atoms with Gasteiger partial charge in [-0.25, -0.2) is 0 Å². The van der Waals surface area contributed by atoms with Crippen LogP contribution >= 0.6 is 0 Å². The minimum atomic E-state index is 0.0723. The van der Waals surface area contributed by atoms with Gasteiger partial charge in [0.15, 0.2) is 5.78 Å². The van der Waals surface area contributed by atoms with Crippen LogP contribution in [0.3, 0.4) is 0 Å². The Balaban J connectivity index is 2.27. The number of rotatable bonds is 1. The van der Waals surface area contributed by atoms with Crippen LogP contribution in [0.2, 0.25) is 0 Å². The van der Waals surface area contributed by atoms with Gasteiger partial charge in [-0.1, -0.05) is 18.7 Å². The van der Waals surface area contributed by atoms with Gasteiger partial charge in [0.1, 0.15) is 5.75 Å². The molecule has 1 fully saturated rings.